The minimum absolute atomic E-state index is 0.00868. The van der Waals surface area contributed by atoms with Crippen LogP contribution in [0.1, 0.15) is 44.4 Å². The van der Waals surface area contributed by atoms with E-state index in [1.807, 2.05) is 32.0 Å². The zero-order chi connectivity index (χ0) is 37.9. The molecule has 1 saturated heterocycles. The number of ether oxygens (including phenoxy) is 1. The Labute approximate surface area is 308 Å². The summed E-state index contributed by atoms with van der Waals surface area (Å²) in [5.74, 6) is -0.853. The van der Waals surface area contributed by atoms with Crippen LogP contribution in [0.3, 0.4) is 0 Å². The van der Waals surface area contributed by atoms with Crippen molar-refractivity contribution in [1.82, 2.24) is 24.0 Å². The van der Waals surface area contributed by atoms with Crippen molar-refractivity contribution in [2.75, 3.05) is 25.5 Å². The van der Waals surface area contributed by atoms with Crippen LogP contribution < -0.4 is 21.3 Å². The number of nitrogens with zero attached hydrogens (tertiary/aromatic N) is 5. The third kappa shape index (κ3) is 7.52. The molecule has 6 rings (SSSR count). The molecule has 1 fully saturated rings. The third-order valence-corrected chi connectivity index (χ3v) is 9.79. The van der Waals surface area contributed by atoms with Crippen LogP contribution in [0.2, 0.25) is 10.0 Å². The lowest BCUT2D eigenvalue weighted by Crippen LogP contribution is -2.37. The predicted octanol–water partition coefficient (Wildman–Crippen LogP) is 7.68. The highest BCUT2D eigenvalue weighted by molar-refractivity contribution is 6.39. The number of benzene rings is 2. The van der Waals surface area contributed by atoms with Crippen LogP contribution in [0.15, 0.2) is 64.2 Å². The van der Waals surface area contributed by atoms with Crippen LogP contribution in [-0.2, 0) is 25.4 Å². The largest absolute Gasteiger partial charge is 0.481 e. The average molecular weight is 756 g/mol. The van der Waals surface area contributed by atoms with Crippen molar-refractivity contribution in [1.29, 1.82) is 0 Å². The Hall–Kier alpha value is -4.85. The number of nitrogens with one attached hydrogen (secondary N) is 1. The molecule has 3 aromatic heterocycles. The van der Waals surface area contributed by atoms with Gasteiger partial charge in [0.1, 0.15) is 16.9 Å². The summed E-state index contributed by atoms with van der Waals surface area (Å²) in [5, 5.41) is 12.7. The zero-order valence-corrected chi connectivity index (χ0v) is 30.7. The Balaban J connectivity index is 0.00000257. The van der Waals surface area contributed by atoms with Crippen molar-refractivity contribution in [3.8, 4) is 28.3 Å². The molecule has 1 aliphatic rings. The highest BCUT2D eigenvalue weighted by Gasteiger charge is 2.26. The fraction of sp³-hybridized carbons (Fsp3) is 0.324. The number of anilines is 2. The molecule has 15 heteroatoms. The van der Waals surface area contributed by atoms with Crippen molar-refractivity contribution in [3.05, 3.63) is 96.7 Å². The Kier molecular flexibility index (Phi) is 12.0. The fourth-order valence-electron chi connectivity index (χ4n) is 6.21. The van der Waals surface area contributed by atoms with Gasteiger partial charge in [-0.25, -0.2) is 23.5 Å². The summed E-state index contributed by atoms with van der Waals surface area (Å²) in [6.07, 6.45) is -1.81. The minimum Gasteiger partial charge on any atom is -0.481 e. The van der Waals surface area contributed by atoms with Gasteiger partial charge >= 0.3 is 11.7 Å². The highest BCUT2D eigenvalue weighted by Crippen LogP contribution is 2.42. The number of halogens is 4. The van der Waals surface area contributed by atoms with E-state index in [4.69, 9.17) is 32.9 Å². The number of pyridine rings is 2. The van der Waals surface area contributed by atoms with E-state index in [1.165, 1.54) is 21.2 Å². The molecule has 0 radical (unpaired) electrons. The van der Waals surface area contributed by atoms with Crippen LogP contribution in [0, 0.1) is 5.92 Å². The summed E-state index contributed by atoms with van der Waals surface area (Å²) in [5.41, 5.74) is 1.32. The molecule has 0 bridgehead atoms. The molecule has 5 aromatic rings. The van der Waals surface area contributed by atoms with Gasteiger partial charge < -0.3 is 15.2 Å². The van der Waals surface area contributed by atoms with Gasteiger partial charge in [-0.3, -0.25) is 23.6 Å². The van der Waals surface area contributed by atoms with Crippen molar-refractivity contribution < 1.29 is 23.4 Å². The van der Waals surface area contributed by atoms with Gasteiger partial charge in [0.05, 0.1) is 40.0 Å². The van der Waals surface area contributed by atoms with Gasteiger partial charge in [-0.2, -0.15) is 0 Å². The third-order valence-electron chi connectivity index (χ3n) is 8.98. The number of piperidine rings is 1. The van der Waals surface area contributed by atoms with Gasteiger partial charge in [-0.15, -0.1) is 0 Å². The molecular weight excluding hydrogens is 717 g/mol. The van der Waals surface area contributed by atoms with Crippen LogP contribution in [0.4, 0.5) is 20.3 Å². The number of aliphatic carboxylic acids is 1. The maximum absolute atomic E-state index is 13.9. The summed E-state index contributed by atoms with van der Waals surface area (Å²) in [6.45, 7) is 5.87. The lowest BCUT2D eigenvalue weighted by molar-refractivity contribution is -0.143. The van der Waals surface area contributed by atoms with Crippen molar-refractivity contribution >= 4 is 51.6 Å². The molecule has 2 aromatic carbocycles. The summed E-state index contributed by atoms with van der Waals surface area (Å²) in [6, 6.07) is 15.2. The van der Waals surface area contributed by atoms with Gasteiger partial charge in [0.15, 0.2) is 0 Å². The molecule has 52 heavy (non-hydrogen) atoms. The van der Waals surface area contributed by atoms with E-state index in [2.05, 4.69) is 15.2 Å². The second-order valence-corrected chi connectivity index (χ2v) is 12.8. The fourth-order valence-corrected chi connectivity index (χ4v) is 6.81. The van der Waals surface area contributed by atoms with Crippen LogP contribution >= 0.6 is 23.2 Å². The van der Waals surface area contributed by atoms with Crippen molar-refractivity contribution in [3.63, 3.8) is 0 Å². The molecule has 0 unspecified atom stereocenters. The molecule has 4 heterocycles. The van der Waals surface area contributed by atoms with E-state index in [1.54, 1.807) is 30.3 Å². The molecule has 274 valence electrons. The van der Waals surface area contributed by atoms with Crippen molar-refractivity contribution in [2.45, 2.75) is 39.7 Å². The standard InChI is InChI=1S/C35H32Cl2F2N6O5.C2H6/c1-43-26-16-25(30(38)39)41-31(27(26)33(46)44(2)35(43)49)40-24-9-5-7-21(29(24)37)20-6-4-8-22(28(20)36)23-11-10-19(32(42-23)50-3)17-45-14-12-18(13-15-45)34(47)48;1-2/h4-11,16,18,30H,12-15,17H2,1-3H3,(H,40,41)(H,47,48);1-2H3. The number of carboxylic acids is 1. The lowest BCUT2D eigenvalue weighted by Gasteiger charge is -2.30. The summed E-state index contributed by atoms with van der Waals surface area (Å²) >= 11 is 13.9. The van der Waals surface area contributed by atoms with Gasteiger partial charge in [0.2, 0.25) is 5.88 Å². The Morgan fingerprint density at radius 3 is 2.23 bits per heavy atom. The Morgan fingerprint density at radius 2 is 1.60 bits per heavy atom. The Bertz CT molecular complexity index is 2250. The first-order valence-electron chi connectivity index (χ1n) is 16.6. The average Bonchev–Trinajstić information content (AvgIpc) is 3.15. The summed E-state index contributed by atoms with van der Waals surface area (Å²) < 4.78 is 35.4. The molecule has 0 atom stereocenters. The van der Waals surface area contributed by atoms with Gasteiger partial charge in [0, 0.05) is 42.9 Å². The van der Waals surface area contributed by atoms with Crippen LogP contribution in [-0.4, -0.2) is 55.3 Å². The second-order valence-electron chi connectivity index (χ2n) is 12.0. The maximum Gasteiger partial charge on any atom is 0.330 e. The first-order valence-corrected chi connectivity index (χ1v) is 17.4. The van der Waals surface area contributed by atoms with Crippen LogP contribution in [0.25, 0.3) is 33.3 Å². The number of hydrogen-bond acceptors (Lipinski definition) is 8. The van der Waals surface area contributed by atoms with Crippen LogP contribution in [0.5, 0.6) is 5.88 Å². The van der Waals surface area contributed by atoms with E-state index in [0.29, 0.717) is 65.8 Å². The molecule has 0 spiro atoms. The number of aromatic nitrogens is 4. The molecule has 11 nitrogen and oxygen atoms in total. The lowest BCUT2D eigenvalue weighted by atomic mass is 9.97. The number of likely N-dealkylation sites (tertiary alicyclic amines) is 1. The van der Waals surface area contributed by atoms with Gasteiger partial charge in [0.25, 0.3) is 12.0 Å². The number of rotatable bonds is 9. The molecule has 0 amide bonds. The first-order chi connectivity index (χ1) is 24.9. The number of carbonyl (C=O) groups is 1. The van der Waals surface area contributed by atoms with E-state index in [9.17, 15) is 28.3 Å². The predicted molar refractivity (Wildman–Crippen MR) is 199 cm³/mol. The van der Waals surface area contributed by atoms with Gasteiger partial charge in [-0.1, -0.05) is 73.4 Å². The normalized spacial score (nSPS) is 13.6. The Morgan fingerprint density at radius 1 is 0.962 bits per heavy atom. The molecule has 1 aliphatic heterocycles. The molecule has 0 saturated carbocycles. The van der Waals surface area contributed by atoms with E-state index in [-0.39, 0.29) is 33.3 Å². The minimum atomic E-state index is -2.97. The van der Waals surface area contributed by atoms with E-state index in [0.717, 1.165) is 20.8 Å². The molecule has 2 N–H and O–H groups in total. The first kappa shape index (κ1) is 38.4. The number of fused-ring (bicyclic) bond motifs is 1. The number of hydrogen-bond donors (Lipinski definition) is 2. The number of aryl methyl sites for hydroxylation is 1. The topological polar surface area (TPSA) is 132 Å². The number of methoxy groups -OCH3 is 1. The maximum atomic E-state index is 13.9. The number of carboxylic acid groups (broad SMARTS) is 1. The smallest absolute Gasteiger partial charge is 0.330 e. The quantitative estimate of drug-likeness (QED) is 0.156. The van der Waals surface area contributed by atoms with E-state index >= 15 is 0 Å². The van der Waals surface area contributed by atoms with Gasteiger partial charge in [-0.05, 0) is 44.1 Å². The summed E-state index contributed by atoms with van der Waals surface area (Å²) in [4.78, 5) is 48.0. The second kappa shape index (κ2) is 16.2. The zero-order valence-electron chi connectivity index (χ0n) is 29.2. The molecule has 0 aliphatic carbocycles. The highest BCUT2D eigenvalue weighted by atomic mass is 35.5. The summed E-state index contributed by atoms with van der Waals surface area (Å²) in [7, 11) is 4.21. The monoisotopic (exact) mass is 754 g/mol. The SMILES string of the molecule is CC.COc1nc(-c2cccc(-c3cccc(Nc4nc(C(F)F)cc5c4c(=O)n(C)c(=O)n5C)c3Cl)c2Cl)ccc1CN1CCC(C(=O)O)CC1. The number of alkyl halides is 2. The van der Waals surface area contributed by atoms with Crippen molar-refractivity contribution in [2.24, 2.45) is 20.0 Å². The van der Waals surface area contributed by atoms with E-state index < -0.39 is 29.3 Å². The molecular formula is C37H38Cl2F2N6O5.